The predicted molar refractivity (Wildman–Crippen MR) is 104 cm³/mol. The highest BCUT2D eigenvalue weighted by Crippen LogP contribution is 2.07. The van der Waals surface area contributed by atoms with E-state index >= 15 is 0 Å². The fraction of sp³-hybridized carbons (Fsp3) is 0.800. The molecule has 0 aliphatic carbocycles. The van der Waals surface area contributed by atoms with Crippen molar-refractivity contribution < 1.29 is 9.47 Å². The average Bonchev–Trinajstić information content (AvgIpc) is 3.26. The van der Waals surface area contributed by atoms with E-state index < -0.39 is 0 Å². The van der Waals surface area contributed by atoms with Crippen LogP contribution in [0.5, 0.6) is 0 Å². The highest BCUT2D eigenvalue weighted by atomic mass is 127. The molecule has 138 valence electrons. The van der Waals surface area contributed by atoms with Crippen molar-refractivity contribution in [1.29, 1.82) is 0 Å². The number of aliphatic imine (C=N–C) groups is 1. The highest BCUT2D eigenvalue weighted by Gasteiger charge is 2.15. The zero-order chi connectivity index (χ0) is 16.2. The molecule has 24 heavy (non-hydrogen) atoms. The van der Waals surface area contributed by atoms with Gasteiger partial charge < -0.3 is 24.7 Å². The maximum absolute atomic E-state index is 5.73. The lowest BCUT2D eigenvalue weighted by atomic mass is 10.3. The van der Waals surface area contributed by atoms with Crippen LogP contribution in [0.15, 0.2) is 17.6 Å². The van der Waals surface area contributed by atoms with Crippen molar-refractivity contribution in [2.45, 2.75) is 38.3 Å². The normalized spacial score (nSPS) is 17.5. The monoisotopic (exact) mass is 452 g/mol. The number of hydrogen-bond acceptors (Lipinski definition) is 5. The molecule has 2 heterocycles. The Hall–Kier alpha value is -0.940. The second kappa shape index (κ2) is 13.4. The van der Waals surface area contributed by atoms with Gasteiger partial charge in [0.1, 0.15) is 12.7 Å². The minimum absolute atomic E-state index is 0. The van der Waals surface area contributed by atoms with Crippen LogP contribution in [-0.4, -0.2) is 66.8 Å². The Balaban J connectivity index is 0.00000288. The Bertz CT molecular complexity index is 437. The second-order valence-corrected chi connectivity index (χ2v) is 5.54. The molecule has 2 rings (SSSR count). The second-order valence-electron chi connectivity index (χ2n) is 5.54. The summed E-state index contributed by atoms with van der Waals surface area (Å²) in [6.45, 7) is 5.04. The molecule has 0 bridgehead atoms. The molecule has 1 atom stereocenters. The summed E-state index contributed by atoms with van der Waals surface area (Å²) in [5, 5.41) is 14.2. The molecule has 8 nitrogen and oxygen atoms in total. The highest BCUT2D eigenvalue weighted by molar-refractivity contribution is 14.0. The number of nitrogens with zero attached hydrogens (tertiary/aromatic N) is 4. The summed E-state index contributed by atoms with van der Waals surface area (Å²) in [4.78, 5) is 4.22. The lowest BCUT2D eigenvalue weighted by Crippen LogP contribution is -2.38. The first-order chi connectivity index (χ1) is 11.4. The molecule has 9 heteroatoms. The van der Waals surface area contributed by atoms with E-state index in [4.69, 9.17) is 9.47 Å². The van der Waals surface area contributed by atoms with Gasteiger partial charge in [-0.25, -0.2) is 0 Å². The molecule has 1 aliphatic heterocycles. The van der Waals surface area contributed by atoms with E-state index in [1.807, 2.05) is 4.57 Å². The van der Waals surface area contributed by atoms with Crippen molar-refractivity contribution in [3.05, 3.63) is 12.7 Å². The van der Waals surface area contributed by atoms with Gasteiger partial charge in [0.25, 0.3) is 0 Å². The van der Waals surface area contributed by atoms with Crippen molar-refractivity contribution in [1.82, 2.24) is 25.4 Å². The van der Waals surface area contributed by atoms with Crippen LogP contribution < -0.4 is 10.6 Å². The molecule has 0 radical (unpaired) electrons. The van der Waals surface area contributed by atoms with Crippen LogP contribution >= 0.6 is 24.0 Å². The van der Waals surface area contributed by atoms with Crippen molar-refractivity contribution in [3.63, 3.8) is 0 Å². The first-order valence-electron chi connectivity index (χ1n) is 8.35. The van der Waals surface area contributed by atoms with E-state index in [0.29, 0.717) is 0 Å². The summed E-state index contributed by atoms with van der Waals surface area (Å²) in [6.07, 6.45) is 7.92. The Morgan fingerprint density at radius 2 is 2.00 bits per heavy atom. The minimum Gasteiger partial charge on any atom is -0.379 e. The third-order valence-corrected chi connectivity index (χ3v) is 3.68. The van der Waals surface area contributed by atoms with E-state index in [0.717, 1.165) is 71.1 Å². The molecule has 1 saturated heterocycles. The van der Waals surface area contributed by atoms with Gasteiger partial charge in [0.15, 0.2) is 5.96 Å². The lowest BCUT2D eigenvalue weighted by molar-refractivity contribution is 0.0420. The summed E-state index contributed by atoms with van der Waals surface area (Å²) >= 11 is 0. The zero-order valence-electron chi connectivity index (χ0n) is 14.3. The fourth-order valence-corrected chi connectivity index (χ4v) is 2.36. The van der Waals surface area contributed by atoms with Crippen molar-refractivity contribution in [2.75, 3.05) is 40.0 Å². The summed E-state index contributed by atoms with van der Waals surface area (Å²) in [7, 11) is 1.79. The van der Waals surface area contributed by atoms with E-state index in [2.05, 4.69) is 25.8 Å². The Morgan fingerprint density at radius 3 is 2.67 bits per heavy atom. The van der Waals surface area contributed by atoms with Gasteiger partial charge in [-0.15, -0.1) is 34.2 Å². The summed E-state index contributed by atoms with van der Waals surface area (Å²) in [5.41, 5.74) is 0. The van der Waals surface area contributed by atoms with Crippen molar-refractivity contribution in [3.8, 4) is 0 Å². The summed E-state index contributed by atoms with van der Waals surface area (Å²) < 4.78 is 13.0. The van der Waals surface area contributed by atoms with Crippen LogP contribution in [0.2, 0.25) is 0 Å². The molecule has 1 aromatic heterocycles. The lowest BCUT2D eigenvalue weighted by Gasteiger charge is -2.13. The molecular weight excluding hydrogens is 423 g/mol. The van der Waals surface area contributed by atoms with Crippen LogP contribution in [0.3, 0.4) is 0 Å². The van der Waals surface area contributed by atoms with Crippen LogP contribution in [0.25, 0.3) is 0 Å². The van der Waals surface area contributed by atoms with Gasteiger partial charge in [-0.2, -0.15) is 0 Å². The zero-order valence-corrected chi connectivity index (χ0v) is 16.6. The number of aromatic nitrogens is 3. The number of ether oxygens (including phenoxy) is 2. The number of aryl methyl sites for hydroxylation is 1. The molecule has 0 amide bonds. The molecule has 0 spiro atoms. The number of rotatable bonds is 10. The number of guanidine groups is 1. The maximum Gasteiger partial charge on any atom is 0.190 e. The Morgan fingerprint density at radius 1 is 1.25 bits per heavy atom. The predicted octanol–water partition coefficient (Wildman–Crippen LogP) is 1.04. The van der Waals surface area contributed by atoms with Gasteiger partial charge in [-0.3, -0.25) is 4.99 Å². The van der Waals surface area contributed by atoms with E-state index in [-0.39, 0.29) is 30.1 Å². The van der Waals surface area contributed by atoms with Crippen molar-refractivity contribution in [2.24, 2.45) is 4.99 Å². The Labute approximate surface area is 160 Å². The number of halogens is 1. The van der Waals surface area contributed by atoms with E-state index in [1.54, 1.807) is 19.7 Å². The SMILES string of the molecule is CN=C(NCCCCn1cnnc1)NCCCOC1CCOC1.I. The minimum atomic E-state index is 0. The largest absolute Gasteiger partial charge is 0.379 e. The molecule has 2 N–H and O–H groups in total. The van der Waals surface area contributed by atoms with Gasteiger partial charge >= 0.3 is 0 Å². The molecule has 0 saturated carbocycles. The standard InChI is InChI=1S/C15H28N6O2.HI/c1-16-15(17-6-2-3-8-21-12-19-20-13-21)18-7-4-9-23-14-5-10-22-11-14;/h12-14H,2-11H2,1H3,(H2,16,17,18);1H. The first kappa shape index (κ1) is 21.1. The van der Waals surface area contributed by atoms with E-state index in [1.165, 1.54) is 0 Å². The molecule has 1 unspecified atom stereocenters. The fourth-order valence-electron chi connectivity index (χ4n) is 2.36. The average molecular weight is 452 g/mol. The number of unbranched alkanes of at least 4 members (excludes halogenated alkanes) is 1. The van der Waals surface area contributed by atoms with Crippen LogP contribution in [0, 0.1) is 0 Å². The number of hydrogen-bond donors (Lipinski definition) is 2. The maximum atomic E-state index is 5.73. The van der Waals surface area contributed by atoms with Crippen LogP contribution in [0.1, 0.15) is 25.7 Å². The summed E-state index contributed by atoms with van der Waals surface area (Å²) in [5.74, 6) is 0.846. The van der Waals surface area contributed by atoms with Gasteiger partial charge in [-0.05, 0) is 25.7 Å². The van der Waals surface area contributed by atoms with Gasteiger partial charge in [0.05, 0.1) is 12.7 Å². The smallest absolute Gasteiger partial charge is 0.190 e. The molecule has 1 aliphatic rings. The first-order valence-corrected chi connectivity index (χ1v) is 8.35. The van der Waals surface area contributed by atoms with E-state index in [9.17, 15) is 0 Å². The quantitative estimate of drug-likeness (QED) is 0.239. The summed E-state index contributed by atoms with van der Waals surface area (Å²) in [6, 6.07) is 0. The van der Waals surface area contributed by atoms with Gasteiger partial charge in [-0.1, -0.05) is 0 Å². The molecule has 1 fully saturated rings. The third-order valence-electron chi connectivity index (χ3n) is 3.68. The molecule has 1 aromatic rings. The molecule has 0 aromatic carbocycles. The Kier molecular flexibility index (Phi) is 11.7. The van der Waals surface area contributed by atoms with Crippen molar-refractivity contribution >= 4 is 29.9 Å². The molecular formula is C15H29IN6O2. The van der Waals surface area contributed by atoms with Crippen LogP contribution in [0.4, 0.5) is 0 Å². The topological polar surface area (TPSA) is 85.6 Å². The van der Waals surface area contributed by atoms with Gasteiger partial charge in [0, 0.05) is 39.9 Å². The third kappa shape index (κ3) is 8.78. The number of nitrogens with one attached hydrogen (secondary N) is 2. The van der Waals surface area contributed by atoms with Crippen LogP contribution in [-0.2, 0) is 16.0 Å². The van der Waals surface area contributed by atoms with Gasteiger partial charge in [0.2, 0.25) is 0 Å².